The second kappa shape index (κ2) is 6.72. The number of hydrogen-bond acceptors (Lipinski definition) is 3. The summed E-state index contributed by atoms with van der Waals surface area (Å²) in [5.74, 6) is 0.706. The Morgan fingerprint density at radius 3 is 2.29 bits per heavy atom. The number of likely N-dealkylation sites (tertiary alicyclic amines) is 1. The van der Waals surface area contributed by atoms with Crippen molar-refractivity contribution < 1.29 is 9.59 Å². The van der Waals surface area contributed by atoms with Crippen molar-refractivity contribution in [3.63, 3.8) is 0 Å². The third-order valence-corrected chi connectivity index (χ3v) is 3.87. The first-order chi connectivity index (χ1) is 9.97. The minimum atomic E-state index is -0.806. The number of nitrogens with one attached hydrogen (secondary N) is 1. The molecule has 0 aromatic heterocycles. The second-order valence-corrected chi connectivity index (χ2v) is 6.07. The van der Waals surface area contributed by atoms with Crippen LogP contribution in [-0.4, -0.2) is 29.9 Å². The van der Waals surface area contributed by atoms with Gasteiger partial charge in [-0.15, -0.1) is 0 Å². The van der Waals surface area contributed by atoms with E-state index in [1.165, 1.54) is 0 Å². The minimum absolute atomic E-state index is 0.352. The summed E-state index contributed by atoms with van der Waals surface area (Å²) in [6, 6.07) is 8.26. The van der Waals surface area contributed by atoms with Crippen molar-refractivity contribution in [3.8, 4) is 0 Å². The van der Waals surface area contributed by atoms with Crippen LogP contribution in [0.3, 0.4) is 0 Å². The van der Waals surface area contributed by atoms with Crippen LogP contribution in [0.5, 0.6) is 0 Å². The smallest absolute Gasteiger partial charge is 0.318 e. The lowest BCUT2D eigenvalue weighted by Gasteiger charge is -2.39. The second-order valence-electron chi connectivity index (χ2n) is 6.07. The van der Waals surface area contributed by atoms with Gasteiger partial charge in [-0.05, 0) is 23.8 Å². The lowest BCUT2D eigenvalue weighted by Crippen LogP contribution is -2.49. The number of imide groups is 1. The monoisotopic (exact) mass is 289 g/mol. The number of benzene rings is 1. The predicted molar refractivity (Wildman–Crippen MR) is 81.4 cm³/mol. The molecule has 0 aliphatic carbocycles. The molecule has 2 rings (SSSR count). The van der Waals surface area contributed by atoms with Gasteiger partial charge in [0.1, 0.15) is 6.04 Å². The summed E-state index contributed by atoms with van der Waals surface area (Å²) >= 11 is 0. The summed E-state index contributed by atoms with van der Waals surface area (Å²) in [7, 11) is 0. The van der Waals surface area contributed by atoms with E-state index < -0.39 is 12.1 Å². The maximum Gasteiger partial charge on any atom is 0.318 e. The molecule has 1 fully saturated rings. The molecule has 0 saturated carbocycles. The SMILES string of the molecule is C[C@@H]1C[C@@H](C)CN([C@H](C(=O)NC(N)=O)c2ccccc2)C1. The Kier molecular flexibility index (Phi) is 4.96. The fraction of sp³-hybridized carbons (Fsp3) is 0.500. The number of hydrogen-bond donors (Lipinski definition) is 2. The number of carbonyl (C=O) groups excluding carboxylic acids is 2. The van der Waals surface area contributed by atoms with Gasteiger partial charge in [0.15, 0.2) is 0 Å². The summed E-state index contributed by atoms with van der Waals surface area (Å²) in [4.78, 5) is 25.6. The summed E-state index contributed by atoms with van der Waals surface area (Å²) in [5.41, 5.74) is 5.99. The third kappa shape index (κ3) is 4.04. The Balaban J connectivity index is 2.27. The average Bonchev–Trinajstić information content (AvgIpc) is 2.38. The van der Waals surface area contributed by atoms with Crippen LogP contribution in [0.15, 0.2) is 30.3 Å². The van der Waals surface area contributed by atoms with Gasteiger partial charge in [0.05, 0.1) is 0 Å². The van der Waals surface area contributed by atoms with Gasteiger partial charge in [-0.2, -0.15) is 0 Å². The molecular weight excluding hydrogens is 266 g/mol. The molecule has 1 aliphatic heterocycles. The van der Waals surface area contributed by atoms with Gasteiger partial charge in [0, 0.05) is 13.1 Å². The molecule has 114 valence electrons. The normalized spacial score (nSPS) is 24.3. The van der Waals surface area contributed by atoms with Crippen molar-refractivity contribution in [1.29, 1.82) is 0 Å². The zero-order valence-electron chi connectivity index (χ0n) is 12.6. The topological polar surface area (TPSA) is 75.4 Å². The molecule has 0 spiro atoms. The highest BCUT2D eigenvalue weighted by molar-refractivity contribution is 5.96. The van der Waals surface area contributed by atoms with Gasteiger partial charge in [0.2, 0.25) is 5.91 Å². The van der Waals surface area contributed by atoms with Gasteiger partial charge in [-0.25, -0.2) is 4.79 Å². The molecular formula is C16H23N3O2. The fourth-order valence-electron chi connectivity index (χ4n) is 3.28. The van der Waals surface area contributed by atoms with Crippen molar-refractivity contribution >= 4 is 11.9 Å². The van der Waals surface area contributed by atoms with Crippen LogP contribution in [0.25, 0.3) is 0 Å². The Morgan fingerprint density at radius 2 is 1.76 bits per heavy atom. The van der Waals surface area contributed by atoms with Crippen molar-refractivity contribution in [2.24, 2.45) is 17.6 Å². The van der Waals surface area contributed by atoms with Crippen LogP contribution < -0.4 is 11.1 Å². The molecule has 1 aromatic rings. The predicted octanol–water partition coefficient (Wildman–Crippen LogP) is 1.90. The van der Waals surface area contributed by atoms with E-state index in [2.05, 4.69) is 24.1 Å². The lowest BCUT2D eigenvalue weighted by molar-refractivity contribution is -0.126. The maximum absolute atomic E-state index is 12.4. The molecule has 1 aromatic carbocycles. The summed E-state index contributed by atoms with van der Waals surface area (Å²) in [5, 5.41) is 2.23. The molecule has 1 aliphatic rings. The highest BCUT2D eigenvalue weighted by atomic mass is 16.2. The number of primary amides is 1. The van der Waals surface area contributed by atoms with E-state index >= 15 is 0 Å². The number of amides is 3. The molecule has 3 amide bonds. The molecule has 3 N–H and O–H groups in total. The Hall–Kier alpha value is -1.88. The van der Waals surface area contributed by atoms with Crippen LogP contribution in [0.1, 0.15) is 31.9 Å². The van der Waals surface area contributed by atoms with Gasteiger partial charge in [-0.3, -0.25) is 15.0 Å². The van der Waals surface area contributed by atoms with Gasteiger partial charge in [0.25, 0.3) is 0 Å². The van der Waals surface area contributed by atoms with Crippen molar-refractivity contribution in [2.45, 2.75) is 26.3 Å². The Labute approximate surface area is 125 Å². The first-order valence-corrected chi connectivity index (χ1v) is 7.36. The minimum Gasteiger partial charge on any atom is -0.351 e. The molecule has 0 bridgehead atoms. The molecule has 5 nitrogen and oxygen atoms in total. The van der Waals surface area contributed by atoms with Crippen molar-refractivity contribution in [2.75, 3.05) is 13.1 Å². The zero-order chi connectivity index (χ0) is 15.4. The first-order valence-electron chi connectivity index (χ1n) is 7.36. The standard InChI is InChI=1S/C16H23N3O2/c1-11-8-12(2)10-19(9-11)14(15(20)18-16(17)21)13-6-4-3-5-7-13/h3-7,11-12,14H,8-10H2,1-2H3,(H3,17,18,20,21)/t11-,12-,14+/m1/s1. The molecule has 21 heavy (non-hydrogen) atoms. The van der Waals surface area contributed by atoms with E-state index in [1.807, 2.05) is 30.3 Å². The van der Waals surface area contributed by atoms with Gasteiger partial charge < -0.3 is 5.73 Å². The van der Waals surface area contributed by atoms with Crippen LogP contribution >= 0.6 is 0 Å². The van der Waals surface area contributed by atoms with E-state index in [0.717, 1.165) is 25.1 Å². The molecule has 5 heteroatoms. The van der Waals surface area contributed by atoms with Crippen LogP contribution in [0.2, 0.25) is 0 Å². The third-order valence-electron chi connectivity index (χ3n) is 3.87. The van der Waals surface area contributed by atoms with E-state index in [0.29, 0.717) is 11.8 Å². The highest BCUT2D eigenvalue weighted by Gasteiger charge is 2.33. The first kappa shape index (κ1) is 15.5. The average molecular weight is 289 g/mol. The molecule has 1 heterocycles. The maximum atomic E-state index is 12.4. The molecule has 1 saturated heterocycles. The number of urea groups is 1. The van der Waals surface area contributed by atoms with E-state index in [-0.39, 0.29) is 5.91 Å². The quantitative estimate of drug-likeness (QED) is 0.892. The van der Waals surface area contributed by atoms with E-state index in [4.69, 9.17) is 5.73 Å². The van der Waals surface area contributed by atoms with Crippen LogP contribution in [-0.2, 0) is 4.79 Å². The van der Waals surface area contributed by atoms with Crippen molar-refractivity contribution in [1.82, 2.24) is 10.2 Å². The number of rotatable bonds is 3. The van der Waals surface area contributed by atoms with Gasteiger partial charge >= 0.3 is 6.03 Å². The summed E-state index contributed by atoms with van der Waals surface area (Å²) in [6.07, 6.45) is 1.16. The Bertz CT molecular complexity index is 494. The van der Waals surface area contributed by atoms with E-state index in [1.54, 1.807) is 0 Å². The Morgan fingerprint density at radius 1 is 1.19 bits per heavy atom. The van der Waals surface area contributed by atoms with E-state index in [9.17, 15) is 9.59 Å². The summed E-state index contributed by atoms with van der Waals surface area (Å²) < 4.78 is 0. The number of nitrogens with two attached hydrogens (primary N) is 1. The van der Waals surface area contributed by atoms with Crippen LogP contribution in [0.4, 0.5) is 4.79 Å². The molecule has 3 atom stereocenters. The highest BCUT2D eigenvalue weighted by Crippen LogP contribution is 2.29. The van der Waals surface area contributed by atoms with Crippen molar-refractivity contribution in [3.05, 3.63) is 35.9 Å². The zero-order valence-corrected chi connectivity index (χ0v) is 12.6. The van der Waals surface area contributed by atoms with Crippen LogP contribution in [0, 0.1) is 11.8 Å². The molecule has 0 unspecified atom stereocenters. The largest absolute Gasteiger partial charge is 0.351 e. The number of carbonyl (C=O) groups is 2. The number of nitrogens with zero attached hydrogens (tertiary/aromatic N) is 1. The lowest BCUT2D eigenvalue weighted by atomic mass is 9.89. The fourth-order valence-corrected chi connectivity index (χ4v) is 3.28. The summed E-state index contributed by atoms with van der Waals surface area (Å²) in [6.45, 7) is 6.07. The van der Waals surface area contributed by atoms with Gasteiger partial charge in [-0.1, -0.05) is 44.2 Å². The molecule has 0 radical (unpaired) electrons. The number of piperidine rings is 1.